The van der Waals surface area contributed by atoms with E-state index in [2.05, 4.69) is 0 Å². The van der Waals surface area contributed by atoms with Gasteiger partial charge in [0.1, 0.15) is 0 Å². The second-order valence-electron chi connectivity index (χ2n) is 3.58. The van der Waals surface area contributed by atoms with Crippen LogP contribution in [0.5, 0.6) is 0 Å². The van der Waals surface area contributed by atoms with E-state index in [0.717, 1.165) is 13.2 Å². The predicted molar refractivity (Wildman–Crippen MR) is 62.6 cm³/mol. The molecule has 0 unspecified atom stereocenters. The largest absolute Gasteiger partial charge is 0.379 e. The molecule has 0 amide bonds. The smallest absolute Gasteiger partial charge is 0.172 e. The van der Waals surface area contributed by atoms with E-state index in [9.17, 15) is 4.79 Å². The fourth-order valence-corrected chi connectivity index (χ4v) is 2.26. The summed E-state index contributed by atoms with van der Waals surface area (Å²) >= 11 is 1.64. The van der Waals surface area contributed by atoms with Gasteiger partial charge in [0.15, 0.2) is 5.78 Å². The Balaban J connectivity index is 1.89. The first-order valence-corrected chi connectivity index (χ1v) is 6.07. The van der Waals surface area contributed by atoms with Gasteiger partial charge in [-0.3, -0.25) is 4.79 Å². The molecule has 1 aromatic rings. The van der Waals surface area contributed by atoms with Crippen LogP contribution in [0.15, 0.2) is 24.3 Å². The van der Waals surface area contributed by atoms with Gasteiger partial charge >= 0.3 is 0 Å². The van der Waals surface area contributed by atoms with Crippen molar-refractivity contribution >= 4 is 17.5 Å². The van der Waals surface area contributed by atoms with Gasteiger partial charge in [-0.25, -0.2) is 0 Å². The Kier molecular flexibility index (Phi) is 3.60. The van der Waals surface area contributed by atoms with Crippen molar-refractivity contribution in [2.45, 2.75) is 5.25 Å². The van der Waals surface area contributed by atoms with E-state index >= 15 is 0 Å². The number of carbonyl (C=O) groups is 1. The van der Waals surface area contributed by atoms with Crippen LogP contribution in [0.25, 0.3) is 0 Å². The van der Waals surface area contributed by atoms with Crippen molar-refractivity contribution in [1.82, 2.24) is 0 Å². The van der Waals surface area contributed by atoms with Gasteiger partial charge in [-0.2, -0.15) is 5.26 Å². The Morgan fingerprint density at radius 3 is 2.62 bits per heavy atom. The Hall–Kier alpha value is -1.31. The first-order chi connectivity index (χ1) is 7.79. The van der Waals surface area contributed by atoms with Crippen LogP contribution in [0.4, 0.5) is 0 Å². The van der Waals surface area contributed by atoms with Crippen LogP contribution in [0, 0.1) is 11.3 Å². The Morgan fingerprint density at radius 2 is 2.12 bits per heavy atom. The standard InChI is InChI=1S/C12H11NO2S/c13-5-9-1-3-10(4-2-9)12(14)8-16-11-6-15-7-11/h1-4,11H,6-8H2. The van der Waals surface area contributed by atoms with Crippen LogP contribution >= 0.6 is 11.8 Å². The van der Waals surface area contributed by atoms with Crippen LogP contribution < -0.4 is 0 Å². The SMILES string of the molecule is N#Cc1ccc(C(=O)CSC2COC2)cc1. The molecule has 2 rings (SSSR count). The molecular weight excluding hydrogens is 222 g/mol. The van der Waals surface area contributed by atoms with Crippen molar-refractivity contribution in [3.63, 3.8) is 0 Å². The molecule has 0 aromatic heterocycles. The lowest BCUT2D eigenvalue weighted by molar-refractivity contribution is 0.0455. The molecule has 1 aromatic carbocycles. The molecule has 0 bridgehead atoms. The highest BCUT2D eigenvalue weighted by molar-refractivity contribution is 8.00. The summed E-state index contributed by atoms with van der Waals surface area (Å²) in [6.45, 7) is 1.51. The molecule has 0 saturated carbocycles. The second-order valence-corrected chi connectivity index (χ2v) is 4.87. The summed E-state index contributed by atoms with van der Waals surface area (Å²) in [6, 6.07) is 8.78. The van der Waals surface area contributed by atoms with Crippen LogP contribution in [0.3, 0.4) is 0 Å². The van der Waals surface area contributed by atoms with Gasteiger partial charge in [-0.1, -0.05) is 12.1 Å². The van der Waals surface area contributed by atoms with Crippen LogP contribution in [-0.2, 0) is 4.74 Å². The molecule has 3 nitrogen and oxygen atoms in total. The molecule has 1 heterocycles. The first-order valence-electron chi connectivity index (χ1n) is 5.02. The molecule has 0 radical (unpaired) electrons. The molecule has 1 fully saturated rings. The van der Waals surface area contributed by atoms with Gasteiger partial charge < -0.3 is 4.74 Å². The zero-order valence-corrected chi connectivity index (χ0v) is 9.50. The second kappa shape index (κ2) is 5.15. The molecular formula is C12H11NO2S. The topological polar surface area (TPSA) is 50.1 Å². The molecule has 0 aliphatic carbocycles. The molecule has 1 aliphatic rings. The molecule has 0 spiro atoms. The summed E-state index contributed by atoms with van der Waals surface area (Å²) in [6.07, 6.45) is 0. The minimum absolute atomic E-state index is 0.112. The highest BCUT2D eigenvalue weighted by Crippen LogP contribution is 2.20. The molecule has 0 atom stereocenters. The number of nitriles is 1. The fourth-order valence-electron chi connectivity index (χ4n) is 1.32. The lowest BCUT2D eigenvalue weighted by Gasteiger charge is -2.24. The summed E-state index contributed by atoms with van der Waals surface area (Å²) in [7, 11) is 0. The fraction of sp³-hybridized carbons (Fsp3) is 0.333. The average molecular weight is 233 g/mol. The number of hydrogen-bond acceptors (Lipinski definition) is 4. The summed E-state index contributed by atoms with van der Waals surface area (Å²) < 4.78 is 5.03. The number of benzene rings is 1. The van der Waals surface area contributed by atoms with Crippen molar-refractivity contribution in [3.8, 4) is 6.07 Å². The maximum absolute atomic E-state index is 11.7. The Bertz CT molecular complexity index is 418. The maximum atomic E-state index is 11.7. The third-order valence-electron chi connectivity index (χ3n) is 2.39. The molecule has 82 valence electrons. The highest BCUT2D eigenvalue weighted by atomic mass is 32.2. The lowest BCUT2D eigenvalue weighted by atomic mass is 10.1. The summed E-state index contributed by atoms with van der Waals surface area (Å²) in [5, 5.41) is 9.10. The van der Waals surface area contributed by atoms with Gasteiger partial charge in [-0.05, 0) is 12.1 Å². The number of rotatable bonds is 4. The highest BCUT2D eigenvalue weighted by Gasteiger charge is 2.20. The Morgan fingerprint density at radius 1 is 1.44 bits per heavy atom. The number of ketones is 1. The quantitative estimate of drug-likeness (QED) is 0.745. The number of carbonyl (C=O) groups excluding carboxylic acids is 1. The van der Waals surface area contributed by atoms with Crippen molar-refractivity contribution in [3.05, 3.63) is 35.4 Å². The van der Waals surface area contributed by atoms with E-state index < -0.39 is 0 Å². The predicted octanol–water partition coefficient (Wildman–Crippen LogP) is 1.87. The first kappa shape index (κ1) is 11.2. The third kappa shape index (κ3) is 2.63. The summed E-state index contributed by atoms with van der Waals surface area (Å²) in [5.41, 5.74) is 1.25. The summed E-state index contributed by atoms with van der Waals surface area (Å²) in [5.74, 6) is 0.598. The van der Waals surface area contributed by atoms with Gasteiger partial charge in [0, 0.05) is 5.56 Å². The van der Waals surface area contributed by atoms with Crippen molar-refractivity contribution in [2.24, 2.45) is 0 Å². The minimum atomic E-state index is 0.112. The van der Waals surface area contributed by atoms with Gasteiger partial charge in [0.25, 0.3) is 0 Å². The number of hydrogen-bond donors (Lipinski definition) is 0. The number of nitrogens with zero attached hydrogens (tertiary/aromatic N) is 1. The molecule has 16 heavy (non-hydrogen) atoms. The number of thioether (sulfide) groups is 1. The number of Topliss-reactive ketones (excluding diaryl/α,β-unsaturated/α-hetero) is 1. The van der Waals surface area contributed by atoms with Gasteiger partial charge in [0.05, 0.1) is 35.8 Å². The Labute approximate surface area is 98.4 Å². The van der Waals surface area contributed by atoms with E-state index in [1.807, 2.05) is 6.07 Å². The van der Waals surface area contributed by atoms with Crippen LogP contribution in [-0.4, -0.2) is 30.0 Å². The van der Waals surface area contributed by atoms with Crippen LogP contribution in [0.1, 0.15) is 15.9 Å². The van der Waals surface area contributed by atoms with Crippen molar-refractivity contribution in [2.75, 3.05) is 19.0 Å². The normalized spacial score (nSPS) is 15.2. The molecule has 1 aliphatic heterocycles. The molecule has 0 N–H and O–H groups in total. The van der Waals surface area contributed by atoms with E-state index in [1.165, 1.54) is 0 Å². The lowest BCUT2D eigenvalue weighted by Crippen LogP contribution is -2.31. The average Bonchev–Trinajstić information content (AvgIpc) is 2.27. The van der Waals surface area contributed by atoms with E-state index in [0.29, 0.717) is 22.1 Å². The van der Waals surface area contributed by atoms with Crippen molar-refractivity contribution in [1.29, 1.82) is 5.26 Å². The van der Waals surface area contributed by atoms with Crippen LogP contribution in [0.2, 0.25) is 0 Å². The molecule has 1 saturated heterocycles. The van der Waals surface area contributed by atoms with Gasteiger partial charge in [0.2, 0.25) is 0 Å². The molecule has 4 heteroatoms. The van der Waals surface area contributed by atoms with E-state index in [4.69, 9.17) is 10.00 Å². The van der Waals surface area contributed by atoms with E-state index in [-0.39, 0.29) is 5.78 Å². The van der Waals surface area contributed by atoms with E-state index in [1.54, 1.807) is 36.0 Å². The zero-order valence-electron chi connectivity index (χ0n) is 8.68. The zero-order chi connectivity index (χ0) is 11.4. The maximum Gasteiger partial charge on any atom is 0.172 e. The number of ether oxygens (including phenoxy) is 1. The third-order valence-corrected chi connectivity index (χ3v) is 3.57. The van der Waals surface area contributed by atoms with Gasteiger partial charge in [-0.15, -0.1) is 11.8 Å². The minimum Gasteiger partial charge on any atom is -0.379 e. The van der Waals surface area contributed by atoms with Crippen molar-refractivity contribution < 1.29 is 9.53 Å². The monoisotopic (exact) mass is 233 g/mol. The summed E-state index contributed by atoms with van der Waals surface area (Å²) in [4.78, 5) is 11.7.